The van der Waals surface area contributed by atoms with Crippen molar-refractivity contribution in [2.24, 2.45) is 0 Å². The standard InChI is InChI=1S/C19H19ClN4.C12H12Cl2N4/c1-13-4-2-3-5-16(13)17-12-18(24-19(21)23-17)22-11-10-14-6-8-15(20)9-7-14;13-9-3-1-8(2-4-9)5-6-16-11-7-10(14)17-12(15)18-11/h2-9,12H,10-11H2,1H3,(H3,21,22,23,24);1-4,7H,5-6H2,(H3,15,16,17,18). The Morgan fingerprint density at radius 2 is 1.12 bits per heavy atom. The van der Waals surface area contributed by atoms with Gasteiger partial charge in [-0.1, -0.05) is 83.3 Å². The van der Waals surface area contributed by atoms with Crippen LogP contribution in [0.3, 0.4) is 0 Å². The van der Waals surface area contributed by atoms with Crippen LogP contribution in [-0.2, 0) is 12.8 Å². The van der Waals surface area contributed by atoms with Crippen LogP contribution in [0, 0.1) is 6.92 Å². The number of nitrogens with one attached hydrogen (secondary N) is 2. The lowest BCUT2D eigenvalue weighted by Crippen LogP contribution is -2.08. The van der Waals surface area contributed by atoms with Gasteiger partial charge in [0.2, 0.25) is 11.9 Å². The van der Waals surface area contributed by atoms with Gasteiger partial charge in [-0.3, -0.25) is 0 Å². The number of aromatic nitrogens is 4. The highest BCUT2D eigenvalue weighted by atomic mass is 35.5. The Kier molecular flexibility index (Phi) is 11.2. The SMILES string of the molecule is Cc1ccccc1-c1cc(NCCc2ccc(Cl)cc2)nc(N)n1.Nc1nc(Cl)cc(NCCc2ccc(Cl)cc2)n1. The molecule has 0 fully saturated rings. The monoisotopic (exact) mass is 620 g/mol. The van der Waals surface area contributed by atoms with Crippen molar-refractivity contribution >= 4 is 58.3 Å². The number of hydrogen-bond acceptors (Lipinski definition) is 8. The minimum Gasteiger partial charge on any atom is -0.370 e. The minimum atomic E-state index is 0.163. The first kappa shape index (κ1) is 30.8. The van der Waals surface area contributed by atoms with E-state index in [1.807, 2.05) is 72.8 Å². The molecule has 216 valence electrons. The normalized spacial score (nSPS) is 10.5. The van der Waals surface area contributed by atoms with E-state index in [0.717, 1.165) is 58.6 Å². The van der Waals surface area contributed by atoms with Gasteiger partial charge in [-0.25, -0.2) is 9.97 Å². The van der Waals surface area contributed by atoms with Crippen LogP contribution in [0.15, 0.2) is 84.9 Å². The second-order valence-electron chi connectivity index (χ2n) is 9.35. The van der Waals surface area contributed by atoms with E-state index in [-0.39, 0.29) is 11.9 Å². The molecule has 0 saturated heterocycles. The van der Waals surface area contributed by atoms with E-state index in [1.54, 1.807) is 6.07 Å². The second kappa shape index (κ2) is 15.2. The first-order chi connectivity index (χ1) is 20.2. The van der Waals surface area contributed by atoms with Crippen molar-refractivity contribution < 1.29 is 0 Å². The number of halogens is 3. The summed E-state index contributed by atoms with van der Waals surface area (Å²) in [5.74, 6) is 1.79. The maximum absolute atomic E-state index is 5.90. The third kappa shape index (κ3) is 9.76. The van der Waals surface area contributed by atoms with Crippen LogP contribution >= 0.6 is 34.8 Å². The van der Waals surface area contributed by atoms with Crippen molar-refractivity contribution in [2.45, 2.75) is 19.8 Å². The van der Waals surface area contributed by atoms with Gasteiger partial charge in [-0.15, -0.1) is 0 Å². The van der Waals surface area contributed by atoms with Crippen LogP contribution in [0.1, 0.15) is 16.7 Å². The summed E-state index contributed by atoms with van der Waals surface area (Å²) >= 11 is 17.5. The molecule has 0 radical (unpaired) electrons. The molecule has 3 aromatic carbocycles. The van der Waals surface area contributed by atoms with E-state index < -0.39 is 0 Å². The van der Waals surface area contributed by atoms with Crippen LogP contribution in [0.5, 0.6) is 0 Å². The summed E-state index contributed by atoms with van der Waals surface area (Å²) in [5, 5.41) is 8.27. The molecule has 8 nitrogen and oxygen atoms in total. The molecule has 0 aliphatic carbocycles. The zero-order valence-electron chi connectivity index (χ0n) is 23.0. The van der Waals surface area contributed by atoms with E-state index in [4.69, 9.17) is 46.3 Å². The molecule has 42 heavy (non-hydrogen) atoms. The van der Waals surface area contributed by atoms with E-state index in [1.165, 1.54) is 11.1 Å². The third-order valence-corrected chi connectivity index (χ3v) is 6.84. The van der Waals surface area contributed by atoms with Crippen molar-refractivity contribution in [3.63, 3.8) is 0 Å². The number of hydrogen-bond donors (Lipinski definition) is 4. The Bertz CT molecular complexity index is 1580. The molecule has 11 heteroatoms. The number of rotatable bonds is 9. The van der Waals surface area contributed by atoms with E-state index in [0.29, 0.717) is 11.0 Å². The molecular weight excluding hydrogens is 591 g/mol. The average molecular weight is 622 g/mol. The quantitative estimate of drug-likeness (QED) is 0.126. The van der Waals surface area contributed by atoms with Crippen LogP contribution in [-0.4, -0.2) is 33.0 Å². The van der Waals surface area contributed by atoms with Gasteiger partial charge in [0.1, 0.15) is 16.8 Å². The predicted octanol–water partition coefficient (Wildman–Crippen LogP) is 7.36. The summed E-state index contributed by atoms with van der Waals surface area (Å²) in [7, 11) is 0. The van der Waals surface area contributed by atoms with E-state index in [2.05, 4.69) is 43.6 Å². The van der Waals surface area contributed by atoms with Crippen molar-refractivity contribution in [3.05, 3.63) is 117 Å². The lowest BCUT2D eigenvalue weighted by molar-refractivity contribution is 1.00. The van der Waals surface area contributed by atoms with Crippen LogP contribution in [0.2, 0.25) is 15.2 Å². The lowest BCUT2D eigenvalue weighted by atomic mass is 10.1. The molecule has 0 atom stereocenters. The summed E-state index contributed by atoms with van der Waals surface area (Å²) in [5.41, 5.74) is 16.8. The molecule has 0 spiro atoms. The fourth-order valence-electron chi connectivity index (χ4n) is 4.05. The number of nitrogens with two attached hydrogens (primary N) is 2. The first-order valence-corrected chi connectivity index (χ1v) is 14.4. The van der Waals surface area contributed by atoms with Crippen LogP contribution in [0.4, 0.5) is 23.5 Å². The Morgan fingerprint density at radius 1 is 0.619 bits per heavy atom. The highest BCUT2D eigenvalue weighted by Crippen LogP contribution is 2.24. The zero-order chi connectivity index (χ0) is 29.9. The Balaban J connectivity index is 0.000000201. The first-order valence-electron chi connectivity index (χ1n) is 13.2. The molecule has 0 unspecified atom stereocenters. The highest BCUT2D eigenvalue weighted by Gasteiger charge is 2.07. The fraction of sp³-hybridized carbons (Fsp3) is 0.161. The van der Waals surface area contributed by atoms with Gasteiger partial charge in [-0.2, -0.15) is 9.97 Å². The number of nitrogens with zero attached hydrogens (tertiary/aromatic N) is 4. The van der Waals surface area contributed by atoms with Gasteiger partial charge >= 0.3 is 0 Å². The smallest absolute Gasteiger partial charge is 0.223 e. The fourth-order valence-corrected chi connectivity index (χ4v) is 4.49. The highest BCUT2D eigenvalue weighted by molar-refractivity contribution is 6.31. The minimum absolute atomic E-state index is 0.163. The largest absolute Gasteiger partial charge is 0.370 e. The molecule has 2 aromatic heterocycles. The molecule has 0 saturated carbocycles. The molecule has 0 aliphatic rings. The lowest BCUT2D eigenvalue weighted by Gasteiger charge is -2.10. The number of benzene rings is 3. The van der Waals surface area contributed by atoms with Crippen molar-refractivity contribution in [3.8, 4) is 11.3 Å². The molecule has 0 aliphatic heterocycles. The van der Waals surface area contributed by atoms with Gasteiger partial charge in [0, 0.05) is 40.8 Å². The van der Waals surface area contributed by atoms with Crippen LogP contribution in [0.25, 0.3) is 11.3 Å². The van der Waals surface area contributed by atoms with Gasteiger partial charge < -0.3 is 22.1 Å². The molecule has 0 bridgehead atoms. The molecule has 2 heterocycles. The summed E-state index contributed by atoms with van der Waals surface area (Å²) in [6, 6.07) is 27.2. The summed E-state index contributed by atoms with van der Waals surface area (Å²) in [6.07, 6.45) is 1.74. The van der Waals surface area contributed by atoms with Gasteiger partial charge in [-0.05, 0) is 60.7 Å². The van der Waals surface area contributed by atoms with E-state index in [9.17, 15) is 0 Å². The van der Waals surface area contributed by atoms with E-state index >= 15 is 0 Å². The van der Waals surface area contributed by atoms with Crippen LogP contribution < -0.4 is 22.1 Å². The topological polar surface area (TPSA) is 128 Å². The zero-order valence-corrected chi connectivity index (χ0v) is 25.3. The molecule has 5 aromatic rings. The number of anilines is 4. The van der Waals surface area contributed by atoms with Gasteiger partial charge in [0.15, 0.2) is 0 Å². The Morgan fingerprint density at radius 3 is 1.64 bits per heavy atom. The molecular formula is C31H31Cl3N8. The van der Waals surface area contributed by atoms with Gasteiger partial charge in [0.25, 0.3) is 0 Å². The summed E-state index contributed by atoms with van der Waals surface area (Å²) in [6.45, 7) is 3.54. The van der Waals surface area contributed by atoms with Crippen molar-refractivity contribution in [1.29, 1.82) is 0 Å². The third-order valence-electron chi connectivity index (χ3n) is 6.14. The molecule has 6 N–H and O–H groups in total. The molecule has 5 rings (SSSR count). The van der Waals surface area contributed by atoms with Gasteiger partial charge in [0.05, 0.1) is 5.69 Å². The predicted molar refractivity (Wildman–Crippen MR) is 175 cm³/mol. The second-order valence-corrected chi connectivity index (χ2v) is 10.6. The molecule has 0 amide bonds. The maximum Gasteiger partial charge on any atom is 0.223 e. The van der Waals surface area contributed by atoms with Crippen molar-refractivity contribution in [2.75, 3.05) is 35.2 Å². The Hall–Kier alpha value is -4.11. The maximum atomic E-state index is 5.90. The summed E-state index contributed by atoms with van der Waals surface area (Å²) < 4.78 is 0. The number of aryl methyl sites for hydroxylation is 1. The summed E-state index contributed by atoms with van der Waals surface area (Å²) in [4.78, 5) is 16.4. The number of nitrogen functional groups attached to an aromatic ring is 2. The van der Waals surface area contributed by atoms with Crippen molar-refractivity contribution in [1.82, 2.24) is 19.9 Å². The Labute approximate surface area is 260 Å². The average Bonchev–Trinajstić information content (AvgIpc) is 2.95.